The summed E-state index contributed by atoms with van der Waals surface area (Å²) < 4.78 is 37.2. The van der Waals surface area contributed by atoms with Crippen LogP contribution in [0.3, 0.4) is 0 Å². The first kappa shape index (κ1) is 11.8. The van der Waals surface area contributed by atoms with Crippen LogP contribution in [0.2, 0.25) is 0 Å². The van der Waals surface area contributed by atoms with E-state index in [1.165, 1.54) is 0 Å². The molecule has 0 aliphatic heterocycles. The summed E-state index contributed by atoms with van der Waals surface area (Å²) in [6, 6.07) is 1.65. The van der Waals surface area contributed by atoms with Crippen LogP contribution in [0.5, 0.6) is 0 Å². The van der Waals surface area contributed by atoms with Gasteiger partial charge in [0.05, 0.1) is 23.7 Å². The van der Waals surface area contributed by atoms with Crippen molar-refractivity contribution in [3.05, 3.63) is 17.5 Å². The normalized spacial score (nSPS) is 11.1. The highest BCUT2D eigenvalue weighted by Gasteiger charge is 2.34. The van der Waals surface area contributed by atoms with E-state index in [-0.39, 0.29) is 17.3 Å². The Labute approximate surface area is 88.3 Å². The summed E-state index contributed by atoms with van der Waals surface area (Å²) >= 11 is 1.13. The number of hydrogen-bond donors (Lipinski definition) is 0. The quantitative estimate of drug-likeness (QED) is 0.580. The number of nitrogens with zero attached hydrogens (tertiary/aromatic N) is 3. The monoisotopic (exact) mass is 233 g/mol. The van der Waals surface area contributed by atoms with E-state index in [1.54, 1.807) is 12.3 Å². The second-order valence-electron chi connectivity index (χ2n) is 2.55. The van der Waals surface area contributed by atoms with Gasteiger partial charge in [0.15, 0.2) is 5.16 Å². The molecule has 1 aromatic rings. The summed E-state index contributed by atoms with van der Waals surface area (Å²) in [6.07, 6.45) is -2.52. The van der Waals surface area contributed by atoms with Crippen LogP contribution in [0.15, 0.2) is 11.4 Å². The van der Waals surface area contributed by atoms with E-state index >= 15 is 0 Å². The fourth-order valence-corrected chi connectivity index (χ4v) is 1.30. The minimum atomic E-state index is -4.51. The van der Waals surface area contributed by atoms with E-state index in [0.717, 1.165) is 11.8 Å². The van der Waals surface area contributed by atoms with E-state index in [9.17, 15) is 13.2 Å². The van der Waals surface area contributed by atoms with E-state index in [1.807, 2.05) is 0 Å². The van der Waals surface area contributed by atoms with Gasteiger partial charge in [-0.15, -0.1) is 0 Å². The molecule has 0 fully saturated rings. The van der Waals surface area contributed by atoms with Crippen molar-refractivity contribution in [1.82, 2.24) is 9.97 Å². The van der Waals surface area contributed by atoms with Crippen molar-refractivity contribution in [3.8, 4) is 6.07 Å². The predicted molar refractivity (Wildman–Crippen MR) is 48.1 cm³/mol. The Balaban J connectivity index is 3.22. The molecule has 0 aromatic carbocycles. The number of nitriles is 1. The predicted octanol–water partition coefficient (Wildman–Crippen LogP) is 2.28. The van der Waals surface area contributed by atoms with Gasteiger partial charge in [0.1, 0.15) is 0 Å². The zero-order valence-electron chi connectivity index (χ0n) is 7.67. The second-order valence-corrected chi connectivity index (χ2v) is 3.32. The Hall–Kier alpha value is -1.29. The molecule has 1 heterocycles. The summed E-state index contributed by atoms with van der Waals surface area (Å²) in [6.45, 7) is 0. The van der Waals surface area contributed by atoms with Crippen molar-refractivity contribution in [2.24, 2.45) is 0 Å². The summed E-state index contributed by atoms with van der Waals surface area (Å²) in [5.74, 6) is 0. The lowest BCUT2D eigenvalue weighted by Crippen LogP contribution is -2.12. The Morgan fingerprint density at radius 2 is 2.20 bits per heavy atom. The highest BCUT2D eigenvalue weighted by atomic mass is 32.2. The average Bonchev–Trinajstić information content (AvgIpc) is 2.16. The molecule has 15 heavy (non-hydrogen) atoms. The molecule has 0 saturated heterocycles. The van der Waals surface area contributed by atoms with Gasteiger partial charge in [0.25, 0.3) is 0 Å². The van der Waals surface area contributed by atoms with Crippen molar-refractivity contribution >= 4 is 11.8 Å². The zero-order chi connectivity index (χ0) is 11.5. The molecule has 0 spiro atoms. The summed E-state index contributed by atoms with van der Waals surface area (Å²) in [5.41, 5.74) is -1.22. The van der Waals surface area contributed by atoms with Crippen LogP contribution in [0.25, 0.3) is 0 Å². The molecule has 3 nitrogen and oxygen atoms in total. The van der Waals surface area contributed by atoms with Crippen LogP contribution in [0.4, 0.5) is 13.2 Å². The zero-order valence-corrected chi connectivity index (χ0v) is 8.48. The lowest BCUT2D eigenvalue weighted by molar-refractivity contribution is -0.138. The minimum Gasteiger partial charge on any atom is -0.230 e. The fraction of sp³-hybridized carbons (Fsp3) is 0.375. The van der Waals surface area contributed by atoms with E-state index in [0.29, 0.717) is 6.20 Å². The molecule has 0 aliphatic carbocycles. The minimum absolute atomic E-state index is 0.230. The SMILES string of the molecule is CSc1ncc(C(F)(F)F)c(CC#N)n1. The summed E-state index contributed by atoms with van der Waals surface area (Å²) in [4.78, 5) is 7.19. The lowest BCUT2D eigenvalue weighted by atomic mass is 10.2. The first-order valence-electron chi connectivity index (χ1n) is 3.83. The third kappa shape index (κ3) is 2.83. The van der Waals surface area contributed by atoms with Gasteiger partial charge < -0.3 is 0 Å². The van der Waals surface area contributed by atoms with E-state index in [2.05, 4.69) is 9.97 Å². The number of thioether (sulfide) groups is 1. The molecule has 0 aliphatic rings. The van der Waals surface area contributed by atoms with Gasteiger partial charge in [0, 0.05) is 6.20 Å². The van der Waals surface area contributed by atoms with Crippen LogP contribution in [0, 0.1) is 11.3 Å². The molecule has 7 heteroatoms. The fourth-order valence-electron chi connectivity index (χ4n) is 0.944. The van der Waals surface area contributed by atoms with E-state index < -0.39 is 11.7 Å². The van der Waals surface area contributed by atoms with Crippen molar-refractivity contribution in [1.29, 1.82) is 5.26 Å². The summed E-state index contributed by atoms with van der Waals surface area (Å²) in [7, 11) is 0. The molecule has 0 radical (unpaired) electrons. The van der Waals surface area contributed by atoms with Crippen LogP contribution in [-0.4, -0.2) is 16.2 Å². The Morgan fingerprint density at radius 3 is 2.67 bits per heavy atom. The molecule has 0 N–H and O–H groups in total. The third-order valence-electron chi connectivity index (χ3n) is 1.58. The molecular formula is C8H6F3N3S. The van der Waals surface area contributed by atoms with Gasteiger partial charge in [-0.25, -0.2) is 9.97 Å². The molecule has 0 amide bonds. The summed E-state index contributed by atoms with van der Waals surface area (Å²) in [5, 5.41) is 8.62. The van der Waals surface area contributed by atoms with Gasteiger partial charge in [-0.3, -0.25) is 0 Å². The van der Waals surface area contributed by atoms with Gasteiger partial charge in [0.2, 0.25) is 0 Å². The Morgan fingerprint density at radius 1 is 1.53 bits per heavy atom. The van der Waals surface area contributed by atoms with Gasteiger partial charge >= 0.3 is 6.18 Å². The van der Waals surface area contributed by atoms with Gasteiger partial charge in [-0.1, -0.05) is 11.8 Å². The maximum absolute atomic E-state index is 12.4. The average molecular weight is 233 g/mol. The van der Waals surface area contributed by atoms with Crippen LogP contribution >= 0.6 is 11.8 Å². The van der Waals surface area contributed by atoms with Gasteiger partial charge in [-0.05, 0) is 6.26 Å². The maximum Gasteiger partial charge on any atom is 0.419 e. The first-order valence-corrected chi connectivity index (χ1v) is 5.05. The van der Waals surface area contributed by atoms with Crippen molar-refractivity contribution < 1.29 is 13.2 Å². The standard InChI is InChI=1S/C8H6F3N3S/c1-15-7-13-4-5(8(9,10)11)6(14-7)2-3-12/h4H,2H2,1H3. The van der Waals surface area contributed by atoms with Crippen molar-refractivity contribution in [3.63, 3.8) is 0 Å². The van der Waals surface area contributed by atoms with Crippen molar-refractivity contribution in [2.45, 2.75) is 17.8 Å². The molecule has 1 rings (SSSR count). The molecule has 0 saturated carbocycles. The van der Waals surface area contributed by atoms with Crippen LogP contribution < -0.4 is 0 Å². The number of rotatable bonds is 2. The van der Waals surface area contributed by atoms with Crippen molar-refractivity contribution in [2.75, 3.05) is 6.26 Å². The second kappa shape index (κ2) is 4.49. The largest absolute Gasteiger partial charge is 0.419 e. The Bertz CT molecular complexity index is 397. The first-order chi connectivity index (χ1) is 6.99. The van der Waals surface area contributed by atoms with Gasteiger partial charge in [-0.2, -0.15) is 18.4 Å². The lowest BCUT2D eigenvalue weighted by Gasteiger charge is -2.09. The molecule has 80 valence electrons. The van der Waals surface area contributed by atoms with Crippen LogP contribution in [0.1, 0.15) is 11.3 Å². The smallest absolute Gasteiger partial charge is 0.230 e. The molecule has 1 aromatic heterocycles. The topological polar surface area (TPSA) is 49.6 Å². The molecular weight excluding hydrogens is 227 g/mol. The highest BCUT2D eigenvalue weighted by molar-refractivity contribution is 7.98. The van der Waals surface area contributed by atoms with E-state index in [4.69, 9.17) is 5.26 Å². The molecule has 0 atom stereocenters. The highest BCUT2D eigenvalue weighted by Crippen LogP contribution is 2.31. The third-order valence-corrected chi connectivity index (χ3v) is 2.14. The van der Waals surface area contributed by atoms with Crippen LogP contribution in [-0.2, 0) is 12.6 Å². The maximum atomic E-state index is 12.4. The molecule has 0 bridgehead atoms. The Kier molecular flexibility index (Phi) is 3.52. The number of halogens is 3. The number of alkyl halides is 3. The number of aromatic nitrogens is 2. The molecule has 0 unspecified atom stereocenters. The number of hydrogen-bond acceptors (Lipinski definition) is 4.